The molecule has 0 spiro atoms. The Hall–Kier alpha value is -1.78. The topological polar surface area (TPSA) is 42.4 Å². The highest BCUT2D eigenvalue weighted by Crippen LogP contribution is 2.45. The Bertz CT molecular complexity index is 582. The maximum Gasteiger partial charge on any atom is 0.129 e. The first-order valence-corrected chi connectivity index (χ1v) is 6.71. The van der Waals surface area contributed by atoms with E-state index in [9.17, 15) is 9.50 Å². The molecule has 1 aromatic carbocycles. The zero-order valence-electron chi connectivity index (χ0n) is 11.0. The molecule has 1 fully saturated rings. The van der Waals surface area contributed by atoms with Crippen LogP contribution in [-0.2, 0) is 10.3 Å². The first kappa shape index (κ1) is 13.2. The second-order valence-corrected chi connectivity index (χ2v) is 5.01. The van der Waals surface area contributed by atoms with Gasteiger partial charge in [0.1, 0.15) is 17.5 Å². The smallest absolute Gasteiger partial charge is 0.129 e. The van der Waals surface area contributed by atoms with E-state index in [2.05, 4.69) is 4.98 Å². The van der Waals surface area contributed by atoms with Crippen LogP contribution in [0.1, 0.15) is 30.2 Å². The number of pyridine rings is 1. The molecule has 3 nitrogen and oxygen atoms in total. The summed E-state index contributed by atoms with van der Waals surface area (Å²) in [7, 11) is 0. The van der Waals surface area contributed by atoms with Crippen LogP contribution in [0.3, 0.4) is 0 Å². The zero-order valence-corrected chi connectivity index (χ0v) is 11.0. The van der Waals surface area contributed by atoms with Gasteiger partial charge >= 0.3 is 0 Å². The Kier molecular flexibility index (Phi) is 3.51. The summed E-state index contributed by atoms with van der Waals surface area (Å²) in [5.41, 5.74) is 0.294. The van der Waals surface area contributed by atoms with Gasteiger partial charge in [-0.05, 0) is 42.7 Å². The quantitative estimate of drug-likeness (QED) is 0.935. The van der Waals surface area contributed by atoms with Gasteiger partial charge in [-0.15, -0.1) is 0 Å². The fourth-order valence-electron chi connectivity index (χ4n) is 2.79. The maximum absolute atomic E-state index is 13.5. The number of aliphatic hydroxyl groups is 1. The summed E-state index contributed by atoms with van der Waals surface area (Å²) in [5, 5.41) is 10.7. The van der Waals surface area contributed by atoms with Crippen LogP contribution in [0.25, 0.3) is 0 Å². The summed E-state index contributed by atoms with van der Waals surface area (Å²) in [4.78, 5) is 4.19. The zero-order chi connectivity index (χ0) is 14.0. The molecular formula is C16H16FNO2. The number of halogens is 1. The van der Waals surface area contributed by atoms with Crippen molar-refractivity contribution in [1.29, 1.82) is 0 Å². The van der Waals surface area contributed by atoms with Crippen molar-refractivity contribution in [3.63, 3.8) is 0 Å². The molecule has 4 heteroatoms. The first-order valence-electron chi connectivity index (χ1n) is 6.71. The molecule has 2 unspecified atom stereocenters. The van der Waals surface area contributed by atoms with Crippen LogP contribution in [0.15, 0.2) is 48.7 Å². The van der Waals surface area contributed by atoms with E-state index in [4.69, 9.17) is 4.74 Å². The summed E-state index contributed by atoms with van der Waals surface area (Å²) in [6.45, 7) is 0.556. The van der Waals surface area contributed by atoms with Gasteiger partial charge < -0.3 is 9.84 Å². The van der Waals surface area contributed by atoms with Crippen LogP contribution in [0.2, 0.25) is 0 Å². The van der Waals surface area contributed by atoms with Crippen LogP contribution in [0.4, 0.5) is 4.39 Å². The SMILES string of the molecule is OC(c1ccccn1)C1(c2cccc(F)c2)CCCO1. The van der Waals surface area contributed by atoms with Gasteiger partial charge in [-0.3, -0.25) is 4.98 Å². The molecule has 2 heterocycles. The van der Waals surface area contributed by atoms with Crippen LogP contribution < -0.4 is 0 Å². The van der Waals surface area contributed by atoms with E-state index in [-0.39, 0.29) is 5.82 Å². The minimum absolute atomic E-state index is 0.328. The van der Waals surface area contributed by atoms with Gasteiger partial charge in [0, 0.05) is 12.8 Å². The molecular weight excluding hydrogens is 257 g/mol. The molecule has 104 valence electrons. The summed E-state index contributed by atoms with van der Waals surface area (Å²) >= 11 is 0. The number of aliphatic hydroxyl groups excluding tert-OH is 1. The second kappa shape index (κ2) is 5.31. The molecule has 1 N–H and O–H groups in total. The summed E-state index contributed by atoms with van der Waals surface area (Å²) < 4.78 is 19.3. The van der Waals surface area contributed by atoms with Gasteiger partial charge in [-0.25, -0.2) is 4.39 Å². The molecule has 3 rings (SSSR count). The van der Waals surface area contributed by atoms with E-state index in [1.807, 2.05) is 6.07 Å². The van der Waals surface area contributed by atoms with Crippen molar-refractivity contribution in [2.24, 2.45) is 0 Å². The molecule has 0 saturated carbocycles. The van der Waals surface area contributed by atoms with E-state index >= 15 is 0 Å². The van der Waals surface area contributed by atoms with E-state index < -0.39 is 11.7 Å². The predicted molar refractivity (Wildman–Crippen MR) is 72.5 cm³/mol. The third-order valence-corrected chi connectivity index (χ3v) is 3.78. The Morgan fingerprint density at radius 3 is 2.80 bits per heavy atom. The van der Waals surface area contributed by atoms with Crippen molar-refractivity contribution in [3.8, 4) is 0 Å². The molecule has 0 amide bonds. The molecule has 2 atom stereocenters. The number of nitrogens with zero attached hydrogens (tertiary/aromatic N) is 1. The highest BCUT2D eigenvalue weighted by Gasteiger charge is 2.45. The molecule has 20 heavy (non-hydrogen) atoms. The fraction of sp³-hybridized carbons (Fsp3) is 0.312. The Labute approximate surface area is 117 Å². The Balaban J connectivity index is 2.04. The number of hydrogen-bond acceptors (Lipinski definition) is 3. The van der Waals surface area contributed by atoms with Gasteiger partial charge in [-0.2, -0.15) is 0 Å². The van der Waals surface area contributed by atoms with E-state index in [1.165, 1.54) is 12.1 Å². The normalized spacial score (nSPS) is 23.7. The summed E-state index contributed by atoms with van der Waals surface area (Å²) in [6, 6.07) is 11.6. The number of ether oxygens (including phenoxy) is 1. The average molecular weight is 273 g/mol. The van der Waals surface area contributed by atoms with Crippen LogP contribution in [0.5, 0.6) is 0 Å². The molecule has 0 radical (unpaired) electrons. The number of rotatable bonds is 3. The van der Waals surface area contributed by atoms with E-state index in [0.717, 1.165) is 6.42 Å². The Morgan fingerprint density at radius 1 is 1.25 bits per heavy atom. The predicted octanol–water partition coefficient (Wildman–Crippen LogP) is 2.96. The lowest BCUT2D eigenvalue weighted by Gasteiger charge is -2.33. The second-order valence-electron chi connectivity index (χ2n) is 5.01. The highest BCUT2D eigenvalue weighted by atomic mass is 19.1. The van der Waals surface area contributed by atoms with Crippen molar-refractivity contribution < 1.29 is 14.2 Å². The molecule has 0 bridgehead atoms. The fourth-order valence-corrected chi connectivity index (χ4v) is 2.79. The lowest BCUT2D eigenvalue weighted by Crippen LogP contribution is -2.33. The number of hydrogen-bond donors (Lipinski definition) is 1. The largest absolute Gasteiger partial charge is 0.383 e. The number of benzene rings is 1. The average Bonchev–Trinajstić information content (AvgIpc) is 2.98. The van der Waals surface area contributed by atoms with Crippen LogP contribution in [-0.4, -0.2) is 16.7 Å². The van der Waals surface area contributed by atoms with Gasteiger partial charge in [0.05, 0.1) is 5.69 Å². The number of aromatic nitrogens is 1. The maximum atomic E-state index is 13.5. The van der Waals surface area contributed by atoms with Crippen molar-refractivity contribution in [1.82, 2.24) is 4.98 Å². The van der Waals surface area contributed by atoms with Crippen molar-refractivity contribution in [2.45, 2.75) is 24.5 Å². The molecule has 0 aliphatic carbocycles. The van der Waals surface area contributed by atoms with Gasteiger partial charge in [0.15, 0.2) is 0 Å². The van der Waals surface area contributed by atoms with Gasteiger partial charge in [0.2, 0.25) is 0 Å². The van der Waals surface area contributed by atoms with E-state index in [0.29, 0.717) is 24.3 Å². The monoisotopic (exact) mass is 273 g/mol. The molecule has 1 saturated heterocycles. The molecule has 1 aliphatic rings. The minimum Gasteiger partial charge on any atom is -0.383 e. The minimum atomic E-state index is -0.909. The highest BCUT2D eigenvalue weighted by molar-refractivity contribution is 5.28. The van der Waals surface area contributed by atoms with E-state index in [1.54, 1.807) is 30.5 Å². The third-order valence-electron chi connectivity index (χ3n) is 3.78. The van der Waals surface area contributed by atoms with Crippen LogP contribution in [0, 0.1) is 5.82 Å². The van der Waals surface area contributed by atoms with Crippen molar-refractivity contribution >= 4 is 0 Å². The summed E-state index contributed by atoms with van der Waals surface area (Å²) in [5.74, 6) is -0.328. The Morgan fingerprint density at radius 2 is 2.15 bits per heavy atom. The standard InChI is InChI=1S/C16H16FNO2/c17-13-6-3-5-12(11-13)16(8-4-10-20-16)15(19)14-7-1-2-9-18-14/h1-3,5-7,9,11,15,19H,4,8,10H2. The van der Waals surface area contributed by atoms with Crippen LogP contribution >= 0.6 is 0 Å². The van der Waals surface area contributed by atoms with Crippen molar-refractivity contribution in [2.75, 3.05) is 6.61 Å². The third kappa shape index (κ3) is 2.21. The first-order chi connectivity index (χ1) is 9.72. The summed E-state index contributed by atoms with van der Waals surface area (Å²) in [6.07, 6.45) is 2.20. The van der Waals surface area contributed by atoms with Crippen molar-refractivity contribution in [3.05, 3.63) is 65.7 Å². The lowest BCUT2D eigenvalue weighted by molar-refractivity contribution is -0.100. The van der Waals surface area contributed by atoms with Gasteiger partial charge in [-0.1, -0.05) is 18.2 Å². The molecule has 2 aromatic rings. The molecule has 1 aliphatic heterocycles. The lowest BCUT2D eigenvalue weighted by atomic mass is 9.84. The molecule has 1 aromatic heterocycles. The van der Waals surface area contributed by atoms with Gasteiger partial charge in [0.25, 0.3) is 0 Å².